The van der Waals surface area contributed by atoms with E-state index in [4.69, 9.17) is 4.74 Å². The standard InChI is InChI=1S/C16H15N5O/c1-2-4-15-14(3-1)16(18-11-17-15)22-13-7-5-12(6-8-13)21-10-9-19-20-21/h5-11H,1-4H2. The number of hydrogen-bond donors (Lipinski definition) is 0. The van der Waals surface area contributed by atoms with Crippen LogP contribution in [0.3, 0.4) is 0 Å². The van der Waals surface area contributed by atoms with Gasteiger partial charge in [0.15, 0.2) is 0 Å². The van der Waals surface area contributed by atoms with Crippen LogP contribution in [0.1, 0.15) is 24.1 Å². The van der Waals surface area contributed by atoms with Crippen molar-refractivity contribution in [2.75, 3.05) is 0 Å². The Labute approximate surface area is 127 Å². The van der Waals surface area contributed by atoms with E-state index in [1.54, 1.807) is 23.4 Å². The molecule has 0 radical (unpaired) electrons. The molecule has 0 saturated carbocycles. The summed E-state index contributed by atoms with van der Waals surface area (Å²) in [4.78, 5) is 8.66. The molecule has 0 aliphatic heterocycles. The molecule has 4 rings (SSSR count). The lowest BCUT2D eigenvalue weighted by Crippen LogP contribution is -2.08. The first-order valence-corrected chi connectivity index (χ1v) is 7.37. The fourth-order valence-corrected chi connectivity index (χ4v) is 2.70. The minimum atomic E-state index is 0.679. The van der Waals surface area contributed by atoms with Gasteiger partial charge in [-0.1, -0.05) is 5.21 Å². The molecule has 0 unspecified atom stereocenters. The van der Waals surface area contributed by atoms with Crippen LogP contribution in [-0.2, 0) is 12.8 Å². The van der Waals surface area contributed by atoms with Gasteiger partial charge in [0.05, 0.1) is 23.8 Å². The number of fused-ring (bicyclic) bond motifs is 1. The minimum absolute atomic E-state index is 0.679. The van der Waals surface area contributed by atoms with Crippen molar-refractivity contribution in [1.29, 1.82) is 0 Å². The summed E-state index contributed by atoms with van der Waals surface area (Å²) >= 11 is 0. The summed E-state index contributed by atoms with van der Waals surface area (Å²) in [6.45, 7) is 0. The van der Waals surface area contributed by atoms with Gasteiger partial charge in [0.2, 0.25) is 5.88 Å². The average Bonchev–Trinajstić information content (AvgIpc) is 3.10. The highest BCUT2D eigenvalue weighted by atomic mass is 16.5. The Morgan fingerprint density at radius 1 is 1.00 bits per heavy atom. The van der Waals surface area contributed by atoms with Crippen LogP contribution in [-0.4, -0.2) is 25.0 Å². The maximum atomic E-state index is 5.95. The molecule has 110 valence electrons. The highest BCUT2D eigenvalue weighted by Crippen LogP contribution is 2.29. The Hall–Kier alpha value is -2.76. The van der Waals surface area contributed by atoms with Crippen molar-refractivity contribution in [2.45, 2.75) is 25.7 Å². The monoisotopic (exact) mass is 293 g/mol. The van der Waals surface area contributed by atoms with E-state index in [1.807, 2.05) is 24.3 Å². The normalized spacial score (nSPS) is 13.6. The van der Waals surface area contributed by atoms with Gasteiger partial charge in [-0.3, -0.25) is 0 Å². The van der Waals surface area contributed by atoms with Gasteiger partial charge < -0.3 is 4.74 Å². The average molecular weight is 293 g/mol. The van der Waals surface area contributed by atoms with E-state index in [-0.39, 0.29) is 0 Å². The van der Waals surface area contributed by atoms with Crippen molar-refractivity contribution >= 4 is 0 Å². The molecule has 1 aliphatic carbocycles. The lowest BCUT2D eigenvalue weighted by molar-refractivity contribution is 0.447. The highest BCUT2D eigenvalue weighted by molar-refractivity contribution is 5.40. The summed E-state index contributed by atoms with van der Waals surface area (Å²) in [5.74, 6) is 1.44. The Morgan fingerprint density at radius 2 is 1.86 bits per heavy atom. The Kier molecular flexibility index (Phi) is 3.27. The second kappa shape index (κ2) is 5.55. The molecule has 1 aromatic carbocycles. The topological polar surface area (TPSA) is 65.7 Å². The van der Waals surface area contributed by atoms with Crippen LogP contribution in [0.2, 0.25) is 0 Å². The molecule has 0 N–H and O–H groups in total. The number of benzene rings is 1. The molecule has 1 aliphatic rings. The number of aromatic nitrogens is 5. The number of aryl methyl sites for hydroxylation is 1. The van der Waals surface area contributed by atoms with Gasteiger partial charge in [0.1, 0.15) is 12.1 Å². The van der Waals surface area contributed by atoms with Crippen LogP contribution in [0.5, 0.6) is 11.6 Å². The first-order chi connectivity index (χ1) is 10.9. The zero-order chi connectivity index (χ0) is 14.8. The fourth-order valence-electron chi connectivity index (χ4n) is 2.70. The zero-order valence-electron chi connectivity index (χ0n) is 12.0. The van der Waals surface area contributed by atoms with Gasteiger partial charge in [0, 0.05) is 5.56 Å². The Balaban J connectivity index is 1.59. The van der Waals surface area contributed by atoms with Gasteiger partial charge in [-0.15, -0.1) is 5.10 Å². The molecule has 2 heterocycles. The van der Waals surface area contributed by atoms with Gasteiger partial charge in [-0.25, -0.2) is 14.6 Å². The molecule has 3 aromatic rings. The zero-order valence-corrected chi connectivity index (χ0v) is 12.0. The molecule has 0 bridgehead atoms. The molecule has 22 heavy (non-hydrogen) atoms. The third-order valence-corrected chi connectivity index (χ3v) is 3.82. The predicted molar refractivity (Wildman–Crippen MR) is 80.1 cm³/mol. The van der Waals surface area contributed by atoms with Crippen LogP contribution in [0.4, 0.5) is 0 Å². The molecular formula is C16H15N5O. The van der Waals surface area contributed by atoms with Crippen LogP contribution in [0, 0.1) is 0 Å². The molecular weight excluding hydrogens is 278 g/mol. The molecule has 0 atom stereocenters. The summed E-state index contributed by atoms with van der Waals surface area (Å²) in [6.07, 6.45) is 9.40. The molecule has 0 fully saturated rings. The second-order valence-corrected chi connectivity index (χ2v) is 5.25. The summed E-state index contributed by atoms with van der Waals surface area (Å²) in [6, 6.07) is 7.71. The summed E-state index contributed by atoms with van der Waals surface area (Å²) in [5, 5.41) is 7.76. The molecule has 6 heteroatoms. The Bertz CT molecular complexity index is 768. The lowest BCUT2D eigenvalue weighted by Gasteiger charge is -2.17. The van der Waals surface area contributed by atoms with Crippen molar-refractivity contribution in [3.05, 3.63) is 54.2 Å². The van der Waals surface area contributed by atoms with E-state index in [1.165, 1.54) is 12.8 Å². The lowest BCUT2D eigenvalue weighted by atomic mass is 9.97. The van der Waals surface area contributed by atoms with Gasteiger partial charge in [0.25, 0.3) is 0 Å². The highest BCUT2D eigenvalue weighted by Gasteiger charge is 2.16. The van der Waals surface area contributed by atoms with E-state index < -0.39 is 0 Å². The van der Waals surface area contributed by atoms with E-state index in [0.29, 0.717) is 5.88 Å². The van der Waals surface area contributed by atoms with Crippen LogP contribution >= 0.6 is 0 Å². The first-order valence-electron chi connectivity index (χ1n) is 7.37. The van der Waals surface area contributed by atoms with Crippen LogP contribution < -0.4 is 4.74 Å². The molecule has 0 spiro atoms. The van der Waals surface area contributed by atoms with E-state index in [0.717, 1.165) is 35.5 Å². The van der Waals surface area contributed by atoms with Gasteiger partial charge in [-0.05, 0) is 49.9 Å². The SMILES string of the molecule is c1cn(-c2ccc(Oc3ncnc4c3CCCC4)cc2)nn1. The molecule has 0 amide bonds. The number of hydrogen-bond acceptors (Lipinski definition) is 5. The van der Waals surface area contributed by atoms with Gasteiger partial charge in [-0.2, -0.15) is 0 Å². The van der Waals surface area contributed by atoms with Crippen molar-refractivity contribution in [3.8, 4) is 17.3 Å². The molecule has 0 saturated heterocycles. The second-order valence-electron chi connectivity index (χ2n) is 5.25. The largest absolute Gasteiger partial charge is 0.439 e. The van der Waals surface area contributed by atoms with Crippen molar-refractivity contribution < 1.29 is 4.74 Å². The number of nitrogens with zero attached hydrogens (tertiary/aromatic N) is 5. The molecule has 6 nitrogen and oxygen atoms in total. The quantitative estimate of drug-likeness (QED) is 0.743. The van der Waals surface area contributed by atoms with Gasteiger partial charge >= 0.3 is 0 Å². The predicted octanol–water partition coefficient (Wildman–Crippen LogP) is 2.73. The van der Waals surface area contributed by atoms with Crippen LogP contribution in [0.25, 0.3) is 5.69 Å². The van der Waals surface area contributed by atoms with Crippen LogP contribution in [0.15, 0.2) is 43.0 Å². The fraction of sp³-hybridized carbons (Fsp3) is 0.250. The maximum Gasteiger partial charge on any atom is 0.225 e. The number of ether oxygens (including phenoxy) is 1. The van der Waals surface area contributed by atoms with E-state index in [2.05, 4.69) is 20.3 Å². The first kappa shape index (κ1) is 12.9. The van der Waals surface area contributed by atoms with E-state index in [9.17, 15) is 0 Å². The summed E-state index contributed by atoms with van der Waals surface area (Å²) in [7, 11) is 0. The third-order valence-electron chi connectivity index (χ3n) is 3.82. The van der Waals surface area contributed by atoms with Crippen molar-refractivity contribution in [1.82, 2.24) is 25.0 Å². The van der Waals surface area contributed by atoms with Crippen molar-refractivity contribution in [3.63, 3.8) is 0 Å². The maximum absolute atomic E-state index is 5.95. The van der Waals surface area contributed by atoms with Crippen molar-refractivity contribution in [2.24, 2.45) is 0 Å². The Morgan fingerprint density at radius 3 is 2.68 bits per heavy atom. The smallest absolute Gasteiger partial charge is 0.225 e. The van der Waals surface area contributed by atoms with E-state index >= 15 is 0 Å². The minimum Gasteiger partial charge on any atom is -0.439 e. The summed E-state index contributed by atoms with van der Waals surface area (Å²) < 4.78 is 7.66. The third kappa shape index (κ3) is 2.43. The summed E-state index contributed by atoms with van der Waals surface area (Å²) in [5.41, 5.74) is 3.21. The number of rotatable bonds is 3. The molecule has 2 aromatic heterocycles.